The fourth-order valence-electron chi connectivity index (χ4n) is 7.45. The van der Waals surface area contributed by atoms with E-state index in [0.29, 0.717) is 23.8 Å². The van der Waals surface area contributed by atoms with Crippen molar-refractivity contribution in [1.82, 2.24) is 29.3 Å². The summed E-state index contributed by atoms with van der Waals surface area (Å²) in [6.07, 6.45) is 8.04. The molecule has 2 amide bonds. The van der Waals surface area contributed by atoms with E-state index in [1.807, 2.05) is 72.5 Å². The number of rotatable bonds is 10. The highest BCUT2D eigenvalue weighted by Gasteiger charge is 2.47. The number of ether oxygens (including phenoxy) is 1. The van der Waals surface area contributed by atoms with Crippen LogP contribution in [0.2, 0.25) is 0 Å². The van der Waals surface area contributed by atoms with Crippen LogP contribution in [0.3, 0.4) is 0 Å². The molecule has 272 valence electrons. The van der Waals surface area contributed by atoms with E-state index in [1.165, 1.54) is 12.8 Å². The summed E-state index contributed by atoms with van der Waals surface area (Å²) in [5.41, 5.74) is 11.3. The molecule has 5 heterocycles. The number of pyridine rings is 1. The standard InChI is InChI=1S/C36H47N7O3.2C2H6/c1-36(2,3)35(45)38-15-7-6-8-24-12-11-22-17-29(42(32(22)39-24)20-21-9-10-21)33-40-27-16-23(18-30(46-5)31(27)41(33)4)34(44)43-25-13-14-28(43)26(37)19-25;2*1-2/h11-12,16-18,21,25-26,28H,6-10,13-15,19-20,37H2,1-5H3,(H,38,45);2*1-2H3. The fourth-order valence-corrected chi connectivity index (χ4v) is 7.45. The second-order valence-electron chi connectivity index (χ2n) is 14.7. The molecule has 3 aromatic heterocycles. The van der Waals surface area contributed by atoms with E-state index in [-0.39, 0.29) is 35.4 Å². The first-order valence-corrected chi connectivity index (χ1v) is 18.9. The van der Waals surface area contributed by atoms with E-state index >= 15 is 0 Å². The zero-order valence-corrected chi connectivity index (χ0v) is 31.8. The van der Waals surface area contributed by atoms with Crippen molar-refractivity contribution < 1.29 is 14.3 Å². The Labute approximate surface area is 298 Å². The van der Waals surface area contributed by atoms with Crippen molar-refractivity contribution in [2.45, 2.75) is 125 Å². The number of amides is 2. The van der Waals surface area contributed by atoms with Crippen LogP contribution in [0.15, 0.2) is 30.3 Å². The molecular weight excluding hydrogens is 626 g/mol. The first-order valence-electron chi connectivity index (χ1n) is 18.9. The molecular formula is C40H59N7O3. The minimum Gasteiger partial charge on any atom is -0.494 e. The third-order valence-electron chi connectivity index (χ3n) is 10.2. The SMILES string of the molecule is CC.CC.COc1cc(C(=O)N2C3CCC2C(N)C3)cc2nc(-c3cc4ccc(CCCCNC(=O)C(C)(C)C)nc4n3CC3CC3)n(C)c12. The van der Waals surface area contributed by atoms with Crippen molar-refractivity contribution in [3.05, 3.63) is 41.6 Å². The zero-order valence-electron chi connectivity index (χ0n) is 31.8. The number of aromatic nitrogens is 4. The lowest BCUT2D eigenvalue weighted by atomic mass is 9.96. The molecule has 1 aromatic carbocycles. The smallest absolute Gasteiger partial charge is 0.254 e. The van der Waals surface area contributed by atoms with Gasteiger partial charge in [0.1, 0.15) is 16.9 Å². The number of carbonyl (C=O) groups excluding carboxylic acids is 2. The molecule has 1 aliphatic carbocycles. The van der Waals surface area contributed by atoms with Crippen molar-refractivity contribution in [3.63, 3.8) is 0 Å². The number of aryl methyl sites for hydroxylation is 2. The van der Waals surface area contributed by atoms with Crippen LogP contribution < -0.4 is 15.8 Å². The van der Waals surface area contributed by atoms with Gasteiger partial charge in [0.05, 0.1) is 18.3 Å². The van der Waals surface area contributed by atoms with Crippen molar-refractivity contribution in [3.8, 4) is 17.3 Å². The molecule has 3 fully saturated rings. The Kier molecular flexibility index (Phi) is 11.6. The lowest BCUT2D eigenvalue weighted by Crippen LogP contribution is -2.40. The molecule has 0 spiro atoms. The van der Waals surface area contributed by atoms with Gasteiger partial charge in [-0.15, -0.1) is 0 Å². The van der Waals surface area contributed by atoms with Crippen LogP contribution in [0.4, 0.5) is 0 Å². The second kappa shape index (κ2) is 15.5. The number of nitrogens with two attached hydrogens (primary N) is 1. The molecule has 10 nitrogen and oxygen atoms in total. The molecule has 2 aliphatic heterocycles. The van der Waals surface area contributed by atoms with Crippen LogP contribution in [-0.4, -0.2) is 67.6 Å². The number of unbranched alkanes of at least 4 members (excludes halogenated alkanes) is 1. The van der Waals surface area contributed by atoms with Crippen molar-refractivity contribution >= 4 is 33.9 Å². The Balaban J connectivity index is 0.00000117. The molecule has 2 bridgehead atoms. The van der Waals surface area contributed by atoms with Crippen LogP contribution in [0.25, 0.3) is 33.6 Å². The molecule has 3 N–H and O–H groups in total. The number of methoxy groups -OCH3 is 1. The topological polar surface area (TPSA) is 120 Å². The zero-order chi connectivity index (χ0) is 36.3. The number of hydrogen-bond acceptors (Lipinski definition) is 6. The molecule has 0 radical (unpaired) electrons. The second-order valence-corrected chi connectivity index (χ2v) is 14.7. The summed E-state index contributed by atoms with van der Waals surface area (Å²) in [4.78, 5) is 38.3. The first-order chi connectivity index (χ1) is 24.0. The molecule has 3 unspecified atom stereocenters. The van der Waals surface area contributed by atoms with Gasteiger partial charge in [0.15, 0.2) is 5.82 Å². The Morgan fingerprint density at radius 3 is 2.36 bits per heavy atom. The Hall–Kier alpha value is -3.92. The summed E-state index contributed by atoms with van der Waals surface area (Å²) in [6.45, 7) is 15.4. The van der Waals surface area contributed by atoms with Gasteiger partial charge in [-0.3, -0.25) is 9.59 Å². The van der Waals surface area contributed by atoms with Crippen LogP contribution in [0, 0.1) is 11.3 Å². The summed E-state index contributed by atoms with van der Waals surface area (Å²) in [5.74, 6) is 2.21. The van der Waals surface area contributed by atoms with Gasteiger partial charge >= 0.3 is 0 Å². The van der Waals surface area contributed by atoms with Gasteiger partial charge in [-0.2, -0.15) is 0 Å². The summed E-state index contributed by atoms with van der Waals surface area (Å²) in [5, 5.41) is 4.14. The number of benzene rings is 1. The molecule has 2 saturated heterocycles. The van der Waals surface area contributed by atoms with E-state index < -0.39 is 0 Å². The van der Waals surface area contributed by atoms with Crippen LogP contribution in [-0.2, 0) is 24.8 Å². The highest BCUT2D eigenvalue weighted by molar-refractivity contribution is 6.00. The maximum atomic E-state index is 13.8. The van der Waals surface area contributed by atoms with Gasteiger partial charge in [-0.05, 0) is 87.6 Å². The van der Waals surface area contributed by atoms with Gasteiger partial charge in [0.2, 0.25) is 5.91 Å². The molecule has 7 rings (SSSR count). The maximum absolute atomic E-state index is 13.8. The minimum atomic E-state index is -0.372. The lowest BCUT2D eigenvalue weighted by molar-refractivity contribution is -0.128. The predicted octanol–water partition coefficient (Wildman–Crippen LogP) is 7.25. The van der Waals surface area contributed by atoms with Gasteiger partial charge < -0.3 is 29.8 Å². The third-order valence-corrected chi connectivity index (χ3v) is 10.2. The quantitative estimate of drug-likeness (QED) is 0.170. The third kappa shape index (κ3) is 7.41. The number of carbonyl (C=O) groups is 2. The van der Waals surface area contributed by atoms with Gasteiger partial charge in [-0.1, -0.05) is 48.5 Å². The Morgan fingerprint density at radius 1 is 1.00 bits per heavy atom. The molecule has 50 heavy (non-hydrogen) atoms. The largest absolute Gasteiger partial charge is 0.494 e. The highest BCUT2D eigenvalue weighted by Crippen LogP contribution is 2.40. The molecule has 3 aliphatic rings. The predicted molar refractivity (Wildman–Crippen MR) is 202 cm³/mol. The average molecular weight is 686 g/mol. The molecule has 10 heteroatoms. The molecule has 3 atom stereocenters. The summed E-state index contributed by atoms with van der Waals surface area (Å²) in [7, 11) is 3.67. The van der Waals surface area contributed by atoms with E-state index in [4.69, 9.17) is 20.4 Å². The maximum Gasteiger partial charge on any atom is 0.254 e. The highest BCUT2D eigenvalue weighted by atomic mass is 16.5. The summed E-state index contributed by atoms with van der Waals surface area (Å²) in [6, 6.07) is 10.7. The number of nitrogens with one attached hydrogen (secondary N) is 1. The summed E-state index contributed by atoms with van der Waals surface area (Å²) >= 11 is 0. The van der Waals surface area contributed by atoms with Crippen LogP contribution >= 0.6 is 0 Å². The summed E-state index contributed by atoms with van der Waals surface area (Å²) < 4.78 is 10.3. The molecule has 1 saturated carbocycles. The minimum absolute atomic E-state index is 0.0176. The number of fused-ring (bicyclic) bond motifs is 4. The fraction of sp³-hybridized carbons (Fsp3) is 0.600. The van der Waals surface area contributed by atoms with Gasteiger partial charge in [0.25, 0.3) is 5.91 Å². The van der Waals surface area contributed by atoms with E-state index in [9.17, 15) is 9.59 Å². The number of nitrogens with zero attached hydrogens (tertiary/aromatic N) is 5. The number of hydrogen-bond donors (Lipinski definition) is 2. The Bertz CT molecular complexity index is 1810. The number of imidazole rings is 1. The van der Waals surface area contributed by atoms with Crippen molar-refractivity contribution in [2.75, 3.05) is 13.7 Å². The van der Waals surface area contributed by atoms with E-state index in [0.717, 1.165) is 84.3 Å². The van der Waals surface area contributed by atoms with Gasteiger partial charge in [-0.25, -0.2) is 9.97 Å². The van der Waals surface area contributed by atoms with Gasteiger partial charge in [0, 0.05) is 60.3 Å². The van der Waals surface area contributed by atoms with Crippen LogP contribution in [0.1, 0.15) is 109 Å². The Morgan fingerprint density at radius 2 is 1.74 bits per heavy atom. The normalized spacial score (nSPS) is 19.6. The monoisotopic (exact) mass is 685 g/mol. The van der Waals surface area contributed by atoms with Crippen molar-refractivity contribution in [1.29, 1.82) is 0 Å². The molecule has 4 aromatic rings. The van der Waals surface area contributed by atoms with E-state index in [2.05, 4.69) is 32.7 Å². The first kappa shape index (κ1) is 37.3. The van der Waals surface area contributed by atoms with Crippen molar-refractivity contribution in [2.24, 2.45) is 24.1 Å². The van der Waals surface area contributed by atoms with Crippen LogP contribution in [0.5, 0.6) is 5.75 Å². The lowest BCUT2D eigenvalue weighted by Gasteiger charge is -2.23. The average Bonchev–Trinajstić information content (AvgIpc) is 3.43. The van der Waals surface area contributed by atoms with E-state index in [1.54, 1.807) is 7.11 Å².